The van der Waals surface area contributed by atoms with E-state index in [0.717, 1.165) is 51.4 Å². The summed E-state index contributed by atoms with van der Waals surface area (Å²) in [5.41, 5.74) is -0.491. The van der Waals surface area contributed by atoms with Gasteiger partial charge >= 0.3 is 11.9 Å². The fraction of sp³-hybridized carbons (Fsp3) is 0.909. The predicted molar refractivity (Wildman–Crippen MR) is 106 cm³/mol. The number of hydrogen-bond donors (Lipinski definition) is 2. The summed E-state index contributed by atoms with van der Waals surface area (Å²) in [6.45, 7) is 9.11. The Morgan fingerprint density at radius 1 is 0.893 bits per heavy atom. The molecule has 2 aliphatic rings. The normalized spacial score (nSPS) is 28.6. The van der Waals surface area contributed by atoms with E-state index >= 15 is 0 Å². The number of carboxylic acid groups (broad SMARTS) is 2. The van der Waals surface area contributed by atoms with E-state index < -0.39 is 11.9 Å². The van der Waals surface area contributed by atoms with Gasteiger partial charge < -0.3 is 19.7 Å². The summed E-state index contributed by atoms with van der Waals surface area (Å²) in [6.07, 6.45) is 7.25. The molecule has 2 saturated carbocycles. The fourth-order valence-electron chi connectivity index (χ4n) is 4.29. The van der Waals surface area contributed by atoms with E-state index in [0.29, 0.717) is 12.5 Å². The first-order valence-electron chi connectivity index (χ1n) is 10.7. The fourth-order valence-corrected chi connectivity index (χ4v) is 4.29. The summed E-state index contributed by atoms with van der Waals surface area (Å²) < 4.78 is 12.4. The quantitative estimate of drug-likeness (QED) is 0.532. The van der Waals surface area contributed by atoms with Crippen LogP contribution in [0.2, 0.25) is 0 Å². The average Bonchev–Trinajstić information content (AvgIpc) is 2.57. The van der Waals surface area contributed by atoms with Crippen LogP contribution in [0.15, 0.2) is 0 Å². The van der Waals surface area contributed by atoms with Gasteiger partial charge in [-0.3, -0.25) is 9.59 Å². The van der Waals surface area contributed by atoms with Gasteiger partial charge in [0, 0.05) is 6.42 Å². The largest absolute Gasteiger partial charge is 0.481 e. The molecule has 0 heterocycles. The van der Waals surface area contributed by atoms with E-state index in [1.165, 1.54) is 0 Å². The minimum atomic E-state index is -0.724. The number of hydrogen-bond acceptors (Lipinski definition) is 4. The van der Waals surface area contributed by atoms with Gasteiger partial charge in [-0.15, -0.1) is 0 Å². The van der Waals surface area contributed by atoms with Crippen molar-refractivity contribution in [2.75, 3.05) is 6.61 Å². The third-order valence-corrected chi connectivity index (χ3v) is 6.38. The molecule has 2 fully saturated rings. The summed E-state index contributed by atoms with van der Waals surface area (Å²) in [6, 6.07) is 0. The lowest BCUT2D eigenvalue weighted by molar-refractivity contribution is -0.148. The second kappa shape index (κ2) is 9.57. The summed E-state index contributed by atoms with van der Waals surface area (Å²) in [7, 11) is 0. The second-order valence-electron chi connectivity index (χ2n) is 10.1. The summed E-state index contributed by atoms with van der Waals surface area (Å²) in [5.74, 6) is -0.848. The standard InChI is InChI=1S/C22H38O6/c1-21(2,27-14-15-5-7-17(8-6-15)20(25)26)9-10-22(3,4)28-18-11-16(12-18)13-19(23)24/h15-18H,5-14H2,1-4H3,(H,23,24)(H,25,26). The van der Waals surface area contributed by atoms with Crippen LogP contribution in [0.5, 0.6) is 0 Å². The highest BCUT2D eigenvalue weighted by atomic mass is 16.5. The van der Waals surface area contributed by atoms with E-state index in [-0.39, 0.29) is 35.6 Å². The maximum absolute atomic E-state index is 11.1. The molecule has 0 unspecified atom stereocenters. The van der Waals surface area contributed by atoms with E-state index in [1.54, 1.807) is 0 Å². The molecule has 0 aromatic heterocycles. The van der Waals surface area contributed by atoms with Gasteiger partial charge in [0.05, 0.1) is 29.8 Å². The Morgan fingerprint density at radius 2 is 1.46 bits per heavy atom. The first kappa shape index (κ1) is 23.1. The summed E-state index contributed by atoms with van der Waals surface area (Å²) in [5, 5.41) is 17.9. The maximum atomic E-state index is 11.1. The molecular formula is C22H38O6. The van der Waals surface area contributed by atoms with Gasteiger partial charge in [-0.05, 0) is 90.9 Å². The predicted octanol–water partition coefficient (Wildman–Crippen LogP) is 4.50. The van der Waals surface area contributed by atoms with Crippen molar-refractivity contribution in [1.82, 2.24) is 0 Å². The van der Waals surface area contributed by atoms with Gasteiger partial charge in [0.15, 0.2) is 0 Å². The molecule has 6 nitrogen and oxygen atoms in total. The Labute approximate surface area is 169 Å². The SMILES string of the molecule is CC(C)(CCC(C)(C)OC1CC(CC(=O)O)C1)OCC1CCC(C(=O)O)CC1. The molecular weight excluding hydrogens is 360 g/mol. The number of carbonyl (C=O) groups is 2. The Balaban J connectivity index is 1.65. The molecule has 2 rings (SSSR count). The molecule has 0 aromatic rings. The highest BCUT2D eigenvalue weighted by Gasteiger charge is 2.36. The minimum absolute atomic E-state index is 0.174. The van der Waals surface area contributed by atoms with Crippen LogP contribution < -0.4 is 0 Å². The van der Waals surface area contributed by atoms with Crippen molar-refractivity contribution in [2.45, 2.75) is 103 Å². The van der Waals surface area contributed by atoms with Crippen molar-refractivity contribution in [3.63, 3.8) is 0 Å². The first-order valence-corrected chi connectivity index (χ1v) is 10.7. The Hall–Kier alpha value is -1.14. The molecule has 0 bridgehead atoms. The second-order valence-corrected chi connectivity index (χ2v) is 10.1. The number of aliphatic carboxylic acids is 2. The highest BCUT2D eigenvalue weighted by molar-refractivity contribution is 5.70. The van der Waals surface area contributed by atoms with Gasteiger partial charge in [-0.1, -0.05) is 0 Å². The summed E-state index contributed by atoms with van der Waals surface area (Å²) >= 11 is 0. The monoisotopic (exact) mass is 398 g/mol. The van der Waals surface area contributed by atoms with Crippen molar-refractivity contribution < 1.29 is 29.3 Å². The van der Waals surface area contributed by atoms with Crippen LogP contribution in [0.1, 0.15) is 85.5 Å². The van der Waals surface area contributed by atoms with E-state index in [9.17, 15) is 9.59 Å². The van der Waals surface area contributed by atoms with Crippen molar-refractivity contribution in [1.29, 1.82) is 0 Å². The van der Waals surface area contributed by atoms with Crippen molar-refractivity contribution in [3.8, 4) is 0 Å². The van der Waals surface area contributed by atoms with Crippen LogP contribution in [0, 0.1) is 17.8 Å². The number of carboxylic acids is 2. The molecule has 0 amide bonds. The minimum Gasteiger partial charge on any atom is -0.481 e. The summed E-state index contributed by atoms with van der Waals surface area (Å²) in [4.78, 5) is 21.8. The molecule has 28 heavy (non-hydrogen) atoms. The smallest absolute Gasteiger partial charge is 0.306 e. The number of rotatable bonds is 11. The average molecular weight is 399 g/mol. The molecule has 2 N–H and O–H groups in total. The van der Waals surface area contributed by atoms with Crippen molar-refractivity contribution in [3.05, 3.63) is 0 Å². The molecule has 0 atom stereocenters. The van der Waals surface area contributed by atoms with E-state index in [4.69, 9.17) is 19.7 Å². The first-order chi connectivity index (χ1) is 13.0. The lowest BCUT2D eigenvalue weighted by Crippen LogP contribution is -2.41. The van der Waals surface area contributed by atoms with Crippen LogP contribution in [0.25, 0.3) is 0 Å². The van der Waals surface area contributed by atoms with E-state index in [1.807, 2.05) is 0 Å². The lowest BCUT2D eigenvalue weighted by atomic mass is 9.79. The van der Waals surface area contributed by atoms with Crippen LogP contribution in [-0.4, -0.2) is 46.1 Å². The Kier molecular flexibility index (Phi) is 7.91. The Bertz CT molecular complexity index is 527. The topological polar surface area (TPSA) is 93.1 Å². The van der Waals surface area contributed by atoms with Crippen LogP contribution >= 0.6 is 0 Å². The zero-order valence-corrected chi connectivity index (χ0v) is 17.9. The Morgan fingerprint density at radius 3 is 2.00 bits per heavy atom. The van der Waals surface area contributed by atoms with Crippen LogP contribution in [0.3, 0.4) is 0 Å². The molecule has 2 aliphatic carbocycles. The third-order valence-electron chi connectivity index (χ3n) is 6.38. The number of ether oxygens (including phenoxy) is 2. The van der Waals surface area contributed by atoms with Gasteiger partial charge in [0.25, 0.3) is 0 Å². The zero-order chi connectivity index (χ0) is 20.9. The zero-order valence-electron chi connectivity index (χ0n) is 17.9. The molecule has 6 heteroatoms. The molecule has 162 valence electrons. The van der Waals surface area contributed by atoms with Crippen LogP contribution in [0.4, 0.5) is 0 Å². The third kappa shape index (κ3) is 7.70. The highest BCUT2D eigenvalue weighted by Crippen LogP contribution is 2.37. The molecule has 0 aromatic carbocycles. The van der Waals surface area contributed by atoms with Gasteiger partial charge in [0.2, 0.25) is 0 Å². The van der Waals surface area contributed by atoms with Crippen molar-refractivity contribution in [2.24, 2.45) is 17.8 Å². The maximum Gasteiger partial charge on any atom is 0.306 e. The van der Waals surface area contributed by atoms with Crippen molar-refractivity contribution >= 4 is 11.9 Å². The van der Waals surface area contributed by atoms with Gasteiger partial charge in [0.1, 0.15) is 0 Å². The van der Waals surface area contributed by atoms with Crippen LogP contribution in [-0.2, 0) is 19.1 Å². The molecule has 0 radical (unpaired) electrons. The molecule has 0 spiro atoms. The molecule has 0 saturated heterocycles. The lowest BCUT2D eigenvalue weighted by Gasteiger charge is -2.41. The van der Waals surface area contributed by atoms with Gasteiger partial charge in [-0.2, -0.15) is 0 Å². The van der Waals surface area contributed by atoms with Gasteiger partial charge in [-0.25, -0.2) is 0 Å². The van der Waals surface area contributed by atoms with E-state index in [2.05, 4.69) is 27.7 Å². The molecule has 0 aliphatic heterocycles.